The van der Waals surface area contributed by atoms with Crippen molar-refractivity contribution in [3.8, 4) is 12.1 Å². The minimum Gasteiger partial charge on any atom is -0.385 e. The van der Waals surface area contributed by atoms with Crippen LogP contribution in [0.2, 0.25) is 0 Å². The first-order valence-electron chi connectivity index (χ1n) is 5.00. The smallest absolute Gasteiger partial charge is 0.101 e. The second-order valence-electron chi connectivity index (χ2n) is 3.26. The Kier molecular flexibility index (Phi) is 4.19. The molecule has 0 heterocycles. The van der Waals surface area contributed by atoms with Gasteiger partial charge in [-0.25, -0.2) is 0 Å². The van der Waals surface area contributed by atoms with Gasteiger partial charge in [0.15, 0.2) is 0 Å². The first-order valence-corrected chi connectivity index (χ1v) is 5.00. The van der Waals surface area contributed by atoms with Crippen molar-refractivity contribution < 1.29 is 0 Å². The maximum absolute atomic E-state index is 8.82. The molecule has 1 aromatic rings. The Labute approximate surface area is 90.0 Å². The Balaban J connectivity index is 2.77. The molecule has 1 aromatic carbocycles. The van der Waals surface area contributed by atoms with Gasteiger partial charge in [0, 0.05) is 12.2 Å². The summed E-state index contributed by atoms with van der Waals surface area (Å²) in [5.74, 6) is 0. The van der Waals surface area contributed by atoms with Crippen LogP contribution in [0, 0.1) is 22.7 Å². The van der Waals surface area contributed by atoms with Crippen molar-refractivity contribution in [3.05, 3.63) is 29.3 Å². The number of nitrogens with zero attached hydrogens (tertiary/aromatic N) is 2. The molecular formula is C12H13N3. The van der Waals surface area contributed by atoms with Crippen LogP contribution in [0.15, 0.2) is 18.2 Å². The molecule has 0 aliphatic heterocycles. The Hall–Kier alpha value is -2.00. The third-order valence-corrected chi connectivity index (χ3v) is 2.12. The average molecular weight is 199 g/mol. The second-order valence-corrected chi connectivity index (χ2v) is 3.26. The molecule has 0 atom stereocenters. The van der Waals surface area contributed by atoms with Crippen LogP contribution in [0.3, 0.4) is 0 Å². The minimum atomic E-state index is 0.429. The van der Waals surface area contributed by atoms with Crippen molar-refractivity contribution in [2.75, 3.05) is 11.9 Å². The molecule has 0 fully saturated rings. The molecular weight excluding hydrogens is 186 g/mol. The van der Waals surface area contributed by atoms with Crippen molar-refractivity contribution in [1.82, 2.24) is 0 Å². The van der Waals surface area contributed by atoms with Gasteiger partial charge in [-0.2, -0.15) is 10.5 Å². The maximum Gasteiger partial charge on any atom is 0.101 e. The largest absolute Gasteiger partial charge is 0.385 e. The first-order chi connectivity index (χ1) is 7.31. The molecule has 0 spiro atoms. The molecule has 0 aliphatic carbocycles. The van der Waals surface area contributed by atoms with E-state index in [1.54, 1.807) is 12.1 Å². The Morgan fingerprint density at radius 3 is 2.53 bits per heavy atom. The lowest BCUT2D eigenvalue weighted by atomic mass is 10.1. The van der Waals surface area contributed by atoms with Gasteiger partial charge in [0.1, 0.15) is 12.1 Å². The van der Waals surface area contributed by atoms with Crippen LogP contribution in [-0.2, 0) is 0 Å². The molecule has 3 heteroatoms. The summed E-state index contributed by atoms with van der Waals surface area (Å²) in [7, 11) is 0. The van der Waals surface area contributed by atoms with Crippen molar-refractivity contribution in [3.63, 3.8) is 0 Å². The maximum atomic E-state index is 8.82. The van der Waals surface area contributed by atoms with Gasteiger partial charge in [-0.3, -0.25) is 0 Å². The number of nitriles is 2. The minimum absolute atomic E-state index is 0.429. The molecule has 1 N–H and O–H groups in total. The molecule has 15 heavy (non-hydrogen) atoms. The van der Waals surface area contributed by atoms with E-state index in [2.05, 4.69) is 12.2 Å². The molecule has 0 unspecified atom stereocenters. The van der Waals surface area contributed by atoms with Crippen LogP contribution in [0.4, 0.5) is 5.69 Å². The Morgan fingerprint density at radius 1 is 1.20 bits per heavy atom. The summed E-state index contributed by atoms with van der Waals surface area (Å²) in [6, 6.07) is 9.22. The lowest BCUT2D eigenvalue weighted by Gasteiger charge is -2.05. The Morgan fingerprint density at radius 2 is 1.93 bits per heavy atom. The molecule has 0 radical (unpaired) electrons. The summed E-state index contributed by atoms with van der Waals surface area (Å²) in [5, 5.41) is 20.8. The Bertz CT molecular complexity index is 410. The van der Waals surface area contributed by atoms with Gasteiger partial charge in [0.2, 0.25) is 0 Å². The highest BCUT2D eigenvalue weighted by Gasteiger charge is 2.01. The predicted molar refractivity (Wildman–Crippen MR) is 59.3 cm³/mol. The normalized spacial score (nSPS) is 9.00. The number of rotatable bonds is 4. The standard InChI is InChI=1S/C12H13N3/c1-2-3-6-15-12-5-4-10(8-13)11(7-12)9-14/h4-5,7,15H,2-3,6H2,1H3. The highest BCUT2D eigenvalue weighted by Crippen LogP contribution is 2.14. The van der Waals surface area contributed by atoms with Crippen molar-refractivity contribution in [1.29, 1.82) is 10.5 Å². The first kappa shape index (κ1) is 11.1. The second kappa shape index (κ2) is 5.67. The zero-order chi connectivity index (χ0) is 11.1. The number of anilines is 1. The zero-order valence-corrected chi connectivity index (χ0v) is 8.75. The van der Waals surface area contributed by atoms with E-state index in [1.807, 2.05) is 18.2 Å². The zero-order valence-electron chi connectivity index (χ0n) is 8.75. The van der Waals surface area contributed by atoms with Gasteiger partial charge < -0.3 is 5.32 Å². The van der Waals surface area contributed by atoms with E-state index in [4.69, 9.17) is 10.5 Å². The fraction of sp³-hybridized carbons (Fsp3) is 0.333. The van der Waals surface area contributed by atoms with Crippen LogP contribution >= 0.6 is 0 Å². The lowest BCUT2D eigenvalue weighted by Crippen LogP contribution is -2.01. The van der Waals surface area contributed by atoms with Gasteiger partial charge in [0.05, 0.1) is 11.1 Å². The van der Waals surface area contributed by atoms with E-state index >= 15 is 0 Å². The average Bonchev–Trinajstić information content (AvgIpc) is 2.29. The number of benzene rings is 1. The molecule has 0 saturated carbocycles. The highest BCUT2D eigenvalue weighted by molar-refractivity contribution is 5.56. The predicted octanol–water partition coefficient (Wildman–Crippen LogP) is 2.64. The monoisotopic (exact) mass is 199 g/mol. The van der Waals surface area contributed by atoms with E-state index in [9.17, 15) is 0 Å². The van der Waals surface area contributed by atoms with Crippen molar-refractivity contribution in [2.45, 2.75) is 19.8 Å². The molecule has 0 aromatic heterocycles. The summed E-state index contributed by atoms with van der Waals surface area (Å²) in [6.07, 6.45) is 2.23. The molecule has 3 nitrogen and oxygen atoms in total. The van der Waals surface area contributed by atoms with E-state index in [1.165, 1.54) is 0 Å². The summed E-state index contributed by atoms with van der Waals surface area (Å²) < 4.78 is 0. The van der Waals surface area contributed by atoms with Gasteiger partial charge in [-0.05, 0) is 24.6 Å². The van der Waals surface area contributed by atoms with Gasteiger partial charge in [0.25, 0.3) is 0 Å². The molecule has 1 rings (SSSR count). The molecule has 0 bridgehead atoms. The highest BCUT2D eigenvalue weighted by atomic mass is 14.9. The molecule has 0 aliphatic rings. The number of hydrogen-bond donors (Lipinski definition) is 1. The summed E-state index contributed by atoms with van der Waals surface area (Å²) in [5.41, 5.74) is 1.76. The summed E-state index contributed by atoms with van der Waals surface area (Å²) >= 11 is 0. The number of nitrogens with one attached hydrogen (secondary N) is 1. The lowest BCUT2D eigenvalue weighted by molar-refractivity contribution is 0.834. The van der Waals surface area contributed by atoms with E-state index < -0.39 is 0 Å². The van der Waals surface area contributed by atoms with Crippen molar-refractivity contribution in [2.24, 2.45) is 0 Å². The summed E-state index contributed by atoms with van der Waals surface area (Å²) in [4.78, 5) is 0. The van der Waals surface area contributed by atoms with Crippen LogP contribution in [0.5, 0.6) is 0 Å². The van der Waals surface area contributed by atoms with Gasteiger partial charge >= 0.3 is 0 Å². The summed E-state index contributed by atoms with van der Waals surface area (Å²) in [6.45, 7) is 3.02. The van der Waals surface area contributed by atoms with Gasteiger partial charge in [-0.15, -0.1) is 0 Å². The van der Waals surface area contributed by atoms with Crippen LogP contribution in [-0.4, -0.2) is 6.54 Å². The third kappa shape index (κ3) is 3.00. The van der Waals surface area contributed by atoms with E-state index in [-0.39, 0.29) is 0 Å². The van der Waals surface area contributed by atoms with Gasteiger partial charge in [-0.1, -0.05) is 13.3 Å². The molecule has 76 valence electrons. The topological polar surface area (TPSA) is 59.6 Å². The van der Waals surface area contributed by atoms with Crippen LogP contribution in [0.1, 0.15) is 30.9 Å². The SMILES string of the molecule is CCCCNc1ccc(C#N)c(C#N)c1. The number of hydrogen-bond acceptors (Lipinski definition) is 3. The van der Waals surface area contributed by atoms with Crippen LogP contribution in [0.25, 0.3) is 0 Å². The fourth-order valence-electron chi connectivity index (χ4n) is 1.25. The van der Waals surface area contributed by atoms with E-state index in [0.717, 1.165) is 25.1 Å². The number of unbranched alkanes of at least 4 members (excludes halogenated alkanes) is 1. The van der Waals surface area contributed by atoms with E-state index in [0.29, 0.717) is 11.1 Å². The molecule has 0 amide bonds. The molecule has 0 saturated heterocycles. The quantitative estimate of drug-likeness (QED) is 0.758. The van der Waals surface area contributed by atoms with Crippen LogP contribution < -0.4 is 5.32 Å². The fourth-order valence-corrected chi connectivity index (χ4v) is 1.25. The van der Waals surface area contributed by atoms with Crippen molar-refractivity contribution >= 4 is 5.69 Å². The third-order valence-electron chi connectivity index (χ3n) is 2.12.